The van der Waals surface area contributed by atoms with Gasteiger partial charge in [0.2, 0.25) is 11.8 Å². The molecule has 0 saturated heterocycles. The highest BCUT2D eigenvalue weighted by Crippen LogP contribution is 2.09. The second kappa shape index (κ2) is 12.6. The molecule has 2 amide bonds. The van der Waals surface area contributed by atoms with Gasteiger partial charge in [-0.15, -0.1) is 0 Å². The second-order valence-electron chi connectivity index (χ2n) is 8.09. The lowest BCUT2D eigenvalue weighted by Gasteiger charge is -2.23. The van der Waals surface area contributed by atoms with E-state index < -0.39 is 30.4 Å². The highest BCUT2D eigenvalue weighted by molar-refractivity contribution is 5.93. The van der Waals surface area contributed by atoms with Gasteiger partial charge in [0, 0.05) is 6.42 Å². The molecule has 0 aliphatic carbocycles. The fourth-order valence-corrected chi connectivity index (χ4v) is 3.33. The summed E-state index contributed by atoms with van der Waals surface area (Å²) in [6, 6.07) is 17.0. The molecule has 0 fully saturated rings. The minimum absolute atomic E-state index is 0.148. The molecule has 0 aliphatic heterocycles. The molecular formula is C25H31FN2O3. The Hall–Kier alpha value is -3.02. The van der Waals surface area contributed by atoms with Gasteiger partial charge in [0.1, 0.15) is 12.7 Å². The predicted octanol–water partition coefficient (Wildman–Crippen LogP) is 3.42. The molecule has 0 radical (unpaired) electrons. The summed E-state index contributed by atoms with van der Waals surface area (Å²) in [6.45, 7) is 2.74. The van der Waals surface area contributed by atoms with Crippen LogP contribution >= 0.6 is 0 Å². The number of hydrogen-bond acceptors (Lipinski definition) is 3. The lowest BCUT2D eigenvalue weighted by Crippen LogP contribution is -2.53. The average molecular weight is 427 g/mol. The van der Waals surface area contributed by atoms with E-state index in [-0.39, 0.29) is 24.7 Å². The first kappa shape index (κ1) is 24.3. The smallest absolute Gasteiger partial charge is 0.243 e. The van der Waals surface area contributed by atoms with E-state index in [1.807, 2.05) is 74.5 Å². The van der Waals surface area contributed by atoms with Crippen LogP contribution in [0.5, 0.6) is 0 Å². The molecule has 2 aromatic rings. The van der Waals surface area contributed by atoms with E-state index in [1.54, 1.807) is 0 Å². The van der Waals surface area contributed by atoms with Crippen LogP contribution in [0.25, 0.3) is 0 Å². The van der Waals surface area contributed by atoms with E-state index in [1.165, 1.54) is 0 Å². The van der Waals surface area contributed by atoms with Crippen molar-refractivity contribution in [2.24, 2.45) is 5.92 Å². The van der Waals surface area contributed by atoms with Crippen LogP contribution in [0.15, 0.2) is 60.7 Å². The topological polar surface area (TPSA) is 75.3 Å². The lowest BCUT2D eigenvalue weighted by molar-refractivity contribution is -0.132. The average Bonchev–Trinajstić information content (AvgIpc) is 2.77. The van der Waals surface area contributed by atoms with Crippen LogP contribution in [0.4, 0.5) is 4.39 Å². The minimum atomic E-state index is -1.16. The molecule has 0 spiro atoms. The number of halogens is 1. The summed E-state index contributed by atoms with van der Waals surface area (Å²) in [4.78, 5) is 37.5. The molecule has 2 atom stereocenters. The fourth-order valence-electron chi connectivity index (χ4n) is 3.33. The van der Waals surface area contributed by atoms with Crippen LogP contribution in [0, 0.1) is 5.92 Å². The van der Waals surface area contributed by atoms with Crippen LogP contribution < -0.4 is 10.6 Å². The number of benzene rings is 2. The van der Waals surface area contributed by atoms with Crippen LogP contribution in [0.3, 0.4) is 0 Å². The van der Waals surface area contributed by atoms with Gasteiger partial charge < -0.3 is 10.6 Å². The fraction of sp³-hybridized carbons (Fsp3) is 0.400. The SMILES string of the molecule is CC(C)C[C@H](NC(=O)CCc1ccccc1)C(=O)N[C@H](Cc1ccccc1)C(=O)CF. The zero-order valence-electron chi connectivity index (χ0n) is 18.1. The Morgan fingerprint density at radius 3 is 1.97 bits per heavy atom. The molecule has 5 nitrogen and oxygen atoms in total. The number of nitrogens with one attached hydrogen (secondary N) is 2. The summed E-state index contributed by atoms with van der Waals surface area (Å²) in [7, 11) is 0. The van der Waals surface area contributed by atoms with Crippen molar-refractivity contribution in [1.82, 2.24) is 10.6 Å². The summed E-state index contributed by atoms with van der Waals surface area (Å²) in [6.07, 6.45) is 1.44. The maximum atomic E-state index is 13.1. The summed E-state index contributed by atoms with van der Waals surface area (Å²) in [5.41, 5.74) is 1.86. The number of carbonyl (C=O) groups excluding carboxylic acids is 3. The highest BCUT2D eigenvalue weighted by atomic mass is 19.1. The van der Waals surface area contributed by atoms with E-state index >= 15 is 0 Å². The van der Waals surface area contributed by atoms with Crippen LogP contribution in [0.2, 0.25) is 0 Å². The predicted molar refractivity (Wildman–Crippen MR) is 119 cm³/mol. The second-order valence-corrected chi connectivity index (χ2v) is 8.09. The Morgan fingerprint density at radius 1 is 0.839 bits per heavy atom. The van der Waals surface area contributed by atoms with Gasteiger partial charge in [0.25, 0.3) is 0 Å². The molecule has 0 aliphatic rings. The van der Waals surface area contributed by atoms with Gasteiger partial charge in [-0.05, 0) is 36.3 Å². The van der Waals surface area contributed by atoms with Crippen molar-refractivity contribution in [3.8, 4) is 0 Å². The first-order valence-electron chi connectivity index (χ1n) is 10.6. The summed E-state index contributed by atoms with van der Waals surface area (Å²) >= 11 is 0. The van der Waals surface area contributed by atoms with E-state index in [4.69, 9.17) is 0 Å². The molecule has 0 aromatic heterocycles. The number of Topliss-reactive ketones (excluding diaryl/α,β-unsaturated/α-hetero) is 1. The van der Waals surface area contributed by atoms with Gasteiger partial charge in [0.15, 0.2) is 5.78 Å². The molecule has 2 aromatic carbocycles. The van der Waals surface area contributed by atoms with E-state index in [0.717, 1.165) is 11.1 Å². The molecule has 6 heteroatoms. The van der Waals surface area contributed by atoms with Crippen LogP contribution in [0.1, 0.15) is 37.8 Å². The number of carbonyl (C=O) groups is 3. The molecule has 0 bridgehead atoms. The number of aryl methyl sites for hydroxylation is 1. The van der Waals surface area contributed by atoms with Crippen molar-refractivity contribution in [3.63, 3.8) is 0 Å². The minimum Gasteiger partial charge on any atom is -0.344 e. The van der Waals surface area contributed by atoms with Gasteiger partial charge >= 0.3 is 0 Å². The molecule has 31 heavy (non-hydrogen) atoms. The number of rotatable bonds is 12. The Labute approximate surface area is 183 Å². The first-order valence-corrected chi connectivity index (χ1v) is 10.6. The maximum absolute atomic E-state index is 13.1. The quantitative estimate of drug-likeness (QED) is 0.546. The van der Waals surface area contributed by atoms with Crippen molar-refractivity contribution in [2.75, 3.05) is 6.67 Å². The summed E-state index contributed by atoms with van der Waals surface area (Å²) in [5, 5.41) is 5.45. The zero-order chi connectivity index (χ0) is 22.6. The molecule has 2 N–H and O–H groups in total. The number of amides is 2. The van der Waals surface area contributed by atoms with E-state index in [0.29, 0.717) is 12.8 Å². The molecule has 0 unspecified atom stereocenters. The van der Waals surface area contributed by atoms with Gasteiger partial charge in [-0.2, -0.15) is 0 Å². The summed E-state index contributed by atoms with van der Waals surface area (Å²) in [5.74, 6) is -1.24. The van der Waals surface area contributed by atoms with Crippen molar-refractivity contribution >= 4 is 17.6 Å². The molecule has 166 valence electrons. The van der Waals surface area contributed by atoms with Gasteiger partial charge in [-0.3, -0.25) is 14.4 Å². The number of ketones is 1. The molecule has 0 saturated carbocycles. The largest absolute Gasteiger partial charge is 0.344 e. The highest BCUT2D eigenvalue weighted by Gasteiger charge is 2.27. The third-order valence-electron chi connectivity index (χ3n) is 4.96. The lowest BCUT2D eigenvalue weighted by atomic mass is 9.99. The van der Waals surface area contributed by atoms with Gasteiger partial charge in [-0.25, -0.2) is 4.39 Å². The Bertz CT molecular complexity index is 840. The van der Waals surface area contributed by atoms with E-state index in [9.17, 15) is 18.8 Å². The van der Waals surface area contributed by atoms with Crippen molar-refractivity contribution in [2.45, 2.75) is 51.6 Å². The molecule has 2 rings (SSSR count). The van der Waals surface area contributed by atoms with Crippen molar-refractivity contribution in [3.05, 3.63) is 71.8 Å². The Morgan fingerprint density at radius 2 is 1.42 bits per heavy atom. The molecule has 0 heterocycles. The summed E-state index contributed by atoms with van der Waals surface area (Å²) < 4.78 is 13.1. The maximum Gasteiger partial charge on any atom is 0.243 e. The normalized spacial score (nSPS) is 12.8. The molecular weight excluding hydrogens is 395 g/mol. The third kappa shape index (κ3) is 8.70. The Kier molecular flexibility index (Phi) is 9.88. The standard InChI is InChI=1S/C25H31FN2O3/c1-18(2)15-22(27-24(30)14-13-19-9-5-3-6-10-19)25(31)28-21(23(29)17-26)16-20-11-7-4-8-12-20/h3-12,18,21-22H,13-17H2,1-2H3,(H,27,30)(H,28,31)/t21-,22+/m1/s1. The van der Waals surface area contributed by atoms with Crippen LogP contribution in [-0.2, 0) is 27.2 Å². The van der Waals surface area contributed by atoms with Crippen molar-refractivity contribution in [1.29, 1.82) is 0 Å². The van der Waals surface area contributed by atoms with Crippen molar-refractivity contribution < 1.29 is 18.8 Å². The van der Waals surface area contributed by atoms with Crippen LogP contribution in [-0.4, -0.2) is 36.4 Å². The third-order valence-corrected chi connectivity index (χ3v) is 4.96. The Balaban J connectivity index is 2.01. The monoisotopic (exact) mass is 426 g/mol. The first-order chi connectivity index (χ1) is 14.9. The zero-order valence-corrected chi connectivity index (χ0v) is 18.1. The number of alkyl halides is 1. The van der Waals surface area contributed by atoms with Gasteiger partial charge in [-0.1, -0.05) is 74.5 Å². The van der Waals surface area contributed by atoms with Gasteiger partial charge in [0.05, 0.1) is 6.04 Å². The van der Waals surface area contributed by atoms with E-state index in [2.05, 4.69) is 10.6 Å². The number of hydrogen-bond donors (Lipinski definition) is 2.